The summed E-state index contributed by atoms with van der Waals surface area (Å²) in [6.07, 6.45) is 0.790. The van der Waals surface area contributed by atoms with Gasteiger partial charge >= 0.3 is 5.63 Å². The minimum absolute atomic E-state index is 0. The Morgan fingerprint density at radius 2 is 2.05 bits per heavy atom. The summed E-state index contributed by atoms with van der Waals surface area (Å²) < 4.78 is 31.7. The van der Waals surface area contributed by atoms with Crippen LogP contribution < -0.4 is 11.4 Å². The molecule has 0 amide bonds. The Labute approximate surface area is 134 Å². The molecule has 1 aromatic heterocycles. The summed E-state index contributed by atoms with van der Waals surface area (Å²) in [6, 6.07) is 7.35. The maximum absolute atomic E-state index is 12.6. The predicted molar refractivity (Wildman–Crippen MR) is 85.7 cm³/mol. The van der Waals surface area contributed by atoms with Crippen LogP contribution in [-0.4, -0.2) is 32.4 Å². The number of hydrogen-bond acceptors (Lipinski definition) is 5. The van der Waals surface area contributed by atoms with Crippen molar-refractivity contribution in [1.82, 2.24) is 4.31 Å². The molecule has 2 aromatic rings. The summed E-state index contributed by atoms with van der Waals surface area (Å²) in [6.45, 7) is 1.45. The summed E-state index contributed by atoms with van der Waals surface area (Å²) in [7, 11) is -3.53. The van der Waals surface area contributed by atoms with Gasteiger partial charge in [-0.2, -0.15) is 4.31 Å². The van der Waals surface area contributed by atoms with Crippen molar-refractivity contribution in [3.05, 3.63) is 40.8 Å². The molecule has 0 spiro atoms. The van der Waals surface area contributed by atoms with Crippen LogP contribution in [0.15, 0.2) is 44.4 Å². The van der Waals surface area contributed by atoms with Crippen molar-refractivity contribution >= 4 is 33.4 Å². The minimum atomic E-state index is -3.53. The molecule has 6 nitrogen and oxygen atoms in total. The van der Waals surface area contributed by atoms with Gasteiger partial charge in [0.25, 0.3) is 0 Å². The van der Waals surface area contributed by atoms with Gasteiger partial charge in [-0.05, 0) is 43.1 Å². The van der Waals surface area contributed by atoms with E-state index in [0.29, 0.717) is 30.6 Å². The van der Waals surface area contributed by atoms with E-state index in [1.165, 1.54) is 28.6 Å². The zero-order valence-electron chi connectivity index (χ0n) is 11.8. The van der Waals surface area contributed by atoms with E-state index in [-0.39, 0.29) is 23.2 Å². The molecule has 1 saturated heterocycles. The second kappa shape index (κ2) is 6.37. The lowest BCUT2D eigenvalue weighted by atomic mass is 10.1. The van der Waals surface area contributed by atoms with Crippen LogP contribution in [0.4, 0.5) is 0 Å². The van der Waals surface area contributed by atoms with Gasteiger partial charge in [-0.15, -0.1) is 12.4 Å². The summed E-state index contributed by atoms with van der Waals surface area (Å²) in [5, 5.41) is 0.588. The van der Waals surface area contributed by atoms with Gasteiger partial charge in [0.1, 0.15) is 5.58 Å². The summed E-state index contributed by atoms with van der Waals surface area (Å²) in [5.41, 5.74) is 5.53. The van der Waals surface area contributed by atoms with Gasteiger partial charge in [0.2, 0.25) is 10.0 Å². The van der Waals surface area contributed by atoms with Crippen LogP contribution in [0, 0.1) is 5.92 Å². The molecule has 0 saturated carbocycles. The average Bonchev–Trinajstić information content (AvgIpc) is 2.96. The smallest absolute Gasteiger partial charge is 0.336 e. The van der Waals surface area contributed by atoms with Crippen molar-refractivity contribution in [2.75, 3.05) is 19.6 Å². The lowest BCUT2D eigenvalue weighted by molar-refractivity contribution is 0.459. The number of nitrogens with zero attached hydrogens (tertiary/aromatic N) is 1. The van der Waals surface area contributed by atoms with E-state index < -0.39 is 15.6 Å². The fourth-order valence-corrected chi connectivity index (χ4v) is 4.13. The van der Waals surface area contributed by atoms with Crippen LogP contribution in [-0.2, 0) is 10.0 Å². The lowest BCUT2D eigenvalue weighted by Crippen LogP contribution is -2.30. The fraction of sp³-hybridized carbons (Fsp3) is 0.357. The number of hydrogen-bond donors (Lipinski definition) is 1. The van der Waals surface area contributed by atoms with Gasteiger partial charge < -0.3 is 10.2 Å². The molecule has 1 aliphatic heterocycles. The van der Waals surface area contributed by atoms with Crippen molar-refractivity contribution in [2.45, 2.75) is 11.3 Å². The van der Waals surface area contributed by atoms with Crippen LogP contribution >= 0.6 is 12.4 Å². The summed E-state index contributed by atoms with van der Waals surface area (Å²) in [4.78, 5) is 11.3. The Morgan fingerprint density at radius 1 is 1.27 bits per heavy atom. The summed E-state index contributed by atoms with van der Waals surface area (Å²) in [5.74, 6) is 0.221. The zero-order valence-corrected chi connectivity index (χ0v) is 13.4. The molecule has 2 N–H and O–H groups in total. The van der Waals surface area contributed by atoms with E-state index in [2.05, 4.69) is 0 Å². The third-order valence-corrected chi connectivity index (χ3v) is 5.67. The minimum Gasteiger partial charge on any atom is -0.423 e. The second-order valence-corrected chi connectivity index (χ2v) is 7.15. The first-order valence-electron chi connectivity index (χ1n) is 6.75. The first-order valence-corrected chi connectivity index (χ1v) is 8.19. The number of rotatable bonds is 3. The van der Waals surface area contributed by atoms with Crippen molar-refractivity contribution in [3.8, 4) is 0 Å². The molecule has 1 fully saturated rings. The Balaban J connectivity index is 0.00000176. The van der Waals surface area contributed by atoms with Crippen molar-refractivity contribution in [1.29, 1.82) is 0 Å². The molecule has 1 atom stereocenters. The molecular formula is C14H17ClN2O4S. The zero-order chi connectivity index (χ0) is 15.0. The molecule has 3 rings (SSSR count). The van der Waals surface area contributed by atoms with E-state index in [1.54, 1.807) is 6.07 Å². The highest BCUT2D eigenvalue weighted by Gasteiger charge is 2.31. The Bertz CT molecular complexity index is 834. The maximum atomic E-state index is 12.6. The Morgan fingerprint density at radius 3 is 2.73 bits per heavy atom. The monoisotopic (exact) mass is 344 g/mol. The van der Waals surface area contributed by atoms with Gasteiger partial charge in [0.05, 0.1) is 4.90 Å². The highest BCUT2D eigenvalue weighted by Crippen LogP contribution is 2.25. The highest BCUT2D eigenvalue weighted by atomic mass is 35.5. The van der Waals surface area contributed by atoms with Gasteiger partial charge in [-0.1, -0.05) is 0 Å². The molecule has 1 aromatic carbocycles. The highest BCUT2D eigenvalue weighted by molar-refractivity contribution is 7.89. The van der Waals surface area contributed by atoms with Crippen molar-refractivity contribution < 1.29 is 12.8 Å². The van der Waals surface area contributed by atoms with E-state index >= 15 is 0 Å². The molecule has 120 valence electrons. The number of halogens is 1. The molecule has 0 bridgehead atoms. The first kappa shape index (κ1) is 17.0. The standard InChI is InChI=1S/C14H16N2O4S.ClH/c15-8-10-5-6-16(9-10)21(18,19)12-2-3-13-11(7-12)1-4-14(17)20-13;/h1-4,7,10H,5-6,8-9,15H2;1H. The largest absolute Gasteiger partial charge is 0.423 e. The SMILES string of the molecule is Cl.NCC1CCN(S(=O)(=O)c2ccc3oc(=O)ccc3c2)C1. The van der Waals surface area contributed by atoms with Crippen molar-refractivity contribution in [2.24, 2.45) is 11.7 Å². The van der Waals surface area contributed by atoms with Crippen LogP contribution in [0.5, 0.6) is 0 Å². The van der Waals surface area contributed by atoms with Crippen LogP contribution in [0.25, 0.3) is 11.0 Å². The fourth-order valence-electron chi connectivity index (χ4n) is 2.57. The van der Waals surface area contributed by atoms with Gasteiger partial charge in [-0.25, -0.2) is 13.2 Å². The Kier molecular flexibility index (Phi) is 4.91. The summed E-state index contributed by atoms with van der Waals surface area (Å²) >= 11 is 0. The van der Waals surface area contributed by atoms with Gasteiger partial charge in [0.15, 0.2) is 0 Å². The van der Waals surface area contributed by atoms with E-state index in [4.69, 9.17) is 10.2 Å². The molecule has 1 unspecified atom stereocenters. The third kappa shape index (κ3) is 3.03. The third-order valence-electron chi connectivity index (χ3n) is 3.81. The first-order chi connectivity index (χ1) is 10.0. The molecule has 0 radical (unpaired) electrons. The maximum Gasteiger partial charge on any atom is 0.336 e. The number of sulfonamides is 1. The number of fused-ring (bicyclic) bond motifs is 1. The van der Waals surface area contributed by atoms with Gasteiger partial charge in [0, 0.05) is 24.5 Å². The van der Waals surface area contributed by atoms with Crippen LogP contribution in [0.3, 0.4) is 0 Å². The van der Waals surface area contributed by atoms with Crippen LogP contribution in [0.2, 0.25) is 0 Å². The average molecular weight is 345 g/mol. The van der Waals surface area contributed by atoms with E-state index in [0.717, 1.165) is 6.42 Å². The predicted octanol–water partition coefficient (Wildman–Crippen LogP) is 1.18. The molecule has 22 heavy (non-hydrogen) atoms. The van der Waals surface area contributed by atoms with Crippen LogP contribution in [0.1, 0.15) is 6.42 Å². The molecule has 2 heterocycles. The molecule has 0 aliphatic carbocycles. The number of nitrogens with two attached hydrogens (primary N) is 1. The van der Waals surface area contributed by atoms with E-state index in [1.807, 2.05) is 0 Å². The quantitative estimate of drug-likeness (QED) is 0.844. The van der Waals surface area contributed by atoms with Crippen molar-refractivity contribution in [3.63, 3.8) is 0 Å². The molecular weight excluding hydrogens is 328 g/mol. The van der Waals surface area contributed by atoms with E-state index in [9.17, 15) is 13.2 Å². The van der Waals surface area contributed by atoms with Gasteiger partial charge in [-0.3, -0.25) is 0 Å². The molecule has 8 heteroatoms. The molecule has 1 aliphatic rings. The lowest BCUT2D eigenvalue weighted by Gasteiger charge is -2.16. The second-order valence-electron chi connectivity index (χ2n) is 5.21. The topological polar surface area (TPSA) is 93.6 Å². The number of benzene rings is 1. The Hall–Kier alpha value is -1.41. The normalized spacial score (nSPS) is 19.2.